The molecule has 0 saturated carbocycles. The molecule has 15 heteroatoms. The van der Waals surface area contributed by atoms with Gasteiger partial charge in [-0.1, -0.05) is 43.8 Å². The first-order valence-corrected chi connectivity index (χ1v) is 13.4. The van der Waals surface area contributed by atoms with Gasteiger partial charge in [0.1, 0.15) is 17.7 Å². The van der Waals surface area contributed by atoms with Crippen LogP contribution in [0.25, 0.3) is 0 Å². The number of benzene rings is 1. The molecule has 39 heavy (non-hydrogen) atoms. The highest BCUT2D eigenvalue weighted by Gasteiger charge is 2.50. The van der Waals surface area contributed by atoms with Crippen LogP contribution in [0.4, 0.5) is 9.18 Å². The highest BCUT2D eigenvalue weighted by molar-refractivity contribution is 7.48. The van der Waals surface area contributed by atoms with Crippen LogP contribution in [0.1, 0.15) is 25.1 Å². The Balaban J connectivity index is 1.46. The number of ether oxygens (including phenoxy) is 4. The summed E-state index contributed by atoms with van der Waals surface area (Å²) >= 11 is 0. The molecule has 2 aliphatic heterocycles. The Morgan fingerprint density at radius 3 is 2.59 bits per heavy atom. The summed E-state index contributed by atoms with van der Waals surface area (Å²) in [6.07, 6.45) is -1.32. The molecule has 4 atom stereocenters. The first-order valence-electron chi connectivity index (χ1n) is 11.9. The molecule has 0 spiro atoms. The maximum absolute atomic E-state index is 14.8. The molecule has 0 aliphatic carbocycles. The maximum atomic E-state index is 14.8. The van der Waals surface area contributed by atoms with Gasteiger partial charge in [-0.3, -0.25) is 23.4 Å². The minimum atomic E-state index is -4.49. The maximum Gasteiger partial charge on any atom is 0.510 e. The number of nitrogens with one attached hydrogen (secondary N) is 1. The molecule has 0 amide bonds. The van der Waals surface area contributed by atoms with Crippen LogP contribution in [0.2, 0.25) is 0 Å². The third-order valence-electron chi connectivity index (χ3n) is 6.05. The lowest BCUT2D eigenvalue weighted by Gasteiger charge is -2.29. The van der Waals surface area contributed by atoms with Gasteiger partial charge >= 0.3 is 19.7 Å². The van der Waals surface area contributed by atoms with Crippen LogP contribution in [0.5, 0.6) is 0 Å². The second-order valence-electron chi connectivity index (χ2n) is 9.00. The van der Waals surface area contributed by atoms with E-state index in [4.69, 9.17) is 32.5 Å². The minimum absolute atomic E-state index is 0.0243. The molecule has 2 saturated heterocycles. The molecule has 2 fully saturated rings. The Kier molecular flexibility index (Phi) is 9.15. The number of aromatic amines is 1. The summed E-state index contributed by atoms with van der Waals surface area (Å²) in [6, 6.07) is 9.80. The second kappa shape index (κ2) is 12.4. The Morgan fingerprint density at radius 2 is 1.95 bits per heavy atom. The Labute approximate surface area is 222 Å². The van der Waals surface area contributed by atoms with E-state index in [2.05, 4.69) is 11.6 Å². The van der Waals surface area contributed by atoms with E-state index < -0.39 is 68.3 Å². The summed E-state index contributed by atoms with van der Waals surface area (Å²) in [5, 5.41) is 0. The van der Waals surface area contributed by atoms with Gasteiger partial charge in [0.2, 0.25) is 6.79 Å². The van der Waals surface area contributed by atoms with Gasteiger partial charge in [0.25, 0.3) is 5.56 Å². The molecule has 2 aromatic rings. The van der Waals surface area contributed by atoms with E-state index >= 15 is 0 Å². The number of H-pyrrole nitrogens is 1. The van der Waals surface area contributed by atoms with Crippen molar-refractivity contribution in [1.29, 1.82) is 0 Å². The SMILES string of the molecule is C=C(F)[C@@]1(COP(=O)(OCOC(=O)OC2COC2)OCc2ccccc2)C[C@H](C)[C@H](n2ccc(=O)[nH]c2=O)O1. The van der Waals surface area contributed by atoms with E-state index in [1.807, 2.05) is 0 Å². The summed E-state index contributed by atoms with van der Waals surface area (Å²) < 4.78 is 66.0. The lowest BCUT2D eigenvalue weighted by atomic mass is 9.94. The predicted molar refractivity (Wildman–Crippen MR) is 131 cm³/mol. The topological polar surface area (TPSA) is 154 Å². The van der Waals surface area contributed by atoms with Gasteiger partial charge in [0.15, 0.2) is 6.10 Å². The summed E-state index contributed by atoms with van der Waals surface area (Å²) in [5.74, 6) is -1.41. The molecule has 0 radical (unpaired) electrons. The number of hydrogen-bond acceptors (Lipinski definition) is 11. The van der Waals surface area contributed by atoms with Crippen molar-refractivity contribution in [1.82, 2.24) is 9.55 Å². The smallest absolute Gasteiger partial charge is 0.426 e. The summed E-state index contributed by atoms with van der Waals surface area (Å²) in [5.41, 5.74) is -2.56. The molecule has 1 aromatic carbocycles. The van der Waals surface area contributed by atoms with Crippen molar-refractivity contribution < 1.29 is 46.3 Å². The molecule has 2 aliphatic rings. The summed E-state index contributed by atoms with van der Waals surface area (Å²) in [6.45, 7) is 3.76. The zero-order valence-corrected chi connectivity index (χ0v) is 21.9. The predicted octanol–water partition coefficient (Wildman–Crippen LogP) is 3.18. The number of carbonyl (C=O) groups is 1. The van der Waals surface area contributed by atoms with Crippen LogP contribution < -0.4 is 11.2 Å². The monoisotopic (exact) mass is 570 g/mol. The fourth-order valence-electron chi connectivity index (χ4n) is 3.94. The number of rotatable bonds is 12. The standard InChI is InChI=1S/C24H28FN2O11P/c1-16-10-24(17(2)25,38-21(16)27-9-8-20(28)26-22(27)29)14-35-39(31,34-11-18-6-4-3-5-7-18)36-15-33-23(30)37-19-12-32-13-19/h3-9,16,19,21H,2,10-15H2,1H3,(H,26,28,29)/t16-,21+,24-,39?/m0/s1. The van der Waals surface area contributed by atoms with Crippen molar-refractivity contribution in [3.05, 3.63) is 81.4 Å². The highest BCUT2D eigenvalue weighted by atomic mass is 31.2. The van der Waals surface area contributed by atoms with Crippen molar-refractivity contribution in [3.8, 4) is 0 Å². The second-order valence-corrected chi connectivity index (χ2v) is 10.7. The first kappa shape index (κ1) is 28.9. The van der Waals surface area contributed by atoms with Gasteiger partial charge in [0.05, 0.1) is 26.4 Å². The highest BCUT2D eigenvalue weighted by Crippen LogP contribution is 2.53. The number of carbonyl (C=O) groups excluding carboxylic acids is 1. The Bertz CT molecular complexity index is 1330. The van der Waals surface area contributed by atoms with Crippen molar-refractivity contribution in [2.75, 3.05) is 26.6 Å². The third-order valence-corrected chi connectivity index (χ3v) is 7.36. The van der Waals surface area contributed by atoms with Crippen LogP contribution in [-0.2, 0) is 43.7 Å². The van der Waals surface area contributed by atoms with E-state index in [0.29, 0.717) is 5.56 Å². The number of hydrogen-bond donors (Lipinski definition) is 1. The van der Waals surface area contributed by atoms with Crippen LogP contribution in [-0.4, -0.2) is 54.0 Å². The zero-order chi connectivity index (χ0) is 28.0. The van der Waals surface area contributed by atoms with Crippen LogP contribution in [0.15, 0.2) is 64.6 Å². The minimum Gasteiger partial charge on any atom is -0.426 e. The van der Waals surface area contributed by atoms with Crippen LogP contribution in [0, 0.1) is 5.92 Å². The molecule has 13 nitrogen and oxygen atoms in total. The largest absolute Gasteiger partial charge is 0.510 e. The van der Waals surface area contributed by atoms with Gasteiger partial charge in [0, 0.05) is 18.2 Å². The van der Waals surface area contributed by atoms with E-state index in [1.54, 1.807) is 37.3 Å². The third kappa shape index (κ3) is 7.29. The fourth-order valence-corrected chi connectivity index (χ4v) is 5.01. The number of phosphoric ester groups is 1. The summed E-state index contributed by atoms with van der Waals surface area (Å²) in [4.78, 5) is 37.6. The normalized spacial score (nSPS) is 24.5. The van der Waals surface area contributed by atoms with E-state index in [0.717, 1.165) is 10.6 Å². The zero-order valence-electron chi connectivity index (χ0n) is 21.0. The summed E-state index contributed by atoms with van der Waals surface area (Å²) in [7, 11) is -4.49. The molecule has 1 unspecified atom stereocenters. The van der Waals surface area contributed by atoms with Crippen molar-refractivity contribution >= 4 is 14.0 Å². The number of phosphoric acid groups is 1. The Hall–Kier alpha value is -3.13. The number of nitrogens with zero attached hydrogens (tertiary/aromatic N) is 1. The van der Waals surface area contributed by atoms with E-state index in [1.165, 1.54) is 6.20 Å². The van der Waals surface area contributed by atoms with Gasteiger partial charge in [-0.25, -0.2) is 23.1 Å². The molecular weight excluding hydrogens is 542 g/mol. The van der Waals surface area contributed by atoms with Gasteiger partial charge in [-0.2, -0.15) is 0 Å². The molecule has 4 rings (SSSR count). The molecular formula is C24H28FN2O11P. The number of aromatic nitrogens is 2. The average Bonchev–Trinajstić information content (AvgIpc) is 3.22. The molecule has 212 valence electrons. The molecule has 1 N–H and O–H groups in total. The number of halogens is 1. The van der Waals surface area contributed by atoms with Gasteiger partial charge in [-0.05, 0) is 12.0 Å². The van der Waals surface area contributed by atoms with E-state index in [-0.39, 0.29) is 26.2 Å². The molecule has 0 bridgehead atoms. The van der Waals surface area contributed by atoms with Crippen LogP contribution in [0.3, 0.4) is 0 Å². The quantitative estimate of drug-likeness (QED) is 0.227. The fraction of sp³-hybridized carbons (Fsp3) is 0.458. The van der Waals surface area contributed by atoms with Crippen molar-refractivity contribution in [2.24, 2.45) is 5.92 Å². The Morgan fingerprint density at radius 1 is 1.21 bits per heavy atom. The van der Waals surface area contributed by atoms with Gasteiger partial charge < -0.3 is 18.9 Å². The lowest BCUT2D eigenvalue weighted by molar-refractivity contribution is -0.122. The average molecular weight is 570 g/mol. The van der Waals surface area contributed by atoms with Crippen molar-refractivity contribution in [3.63, 3.8) is 0 Å². The van der Waals surface area contributed by atoms with Crippen LogP contribution >= 0.6 is 7.82 Å². The first-order chi connectivity index (χ1) is 18.6. The van der Waals surface area contributed by atoms with E-state index in [9.17, 15) is 23.3 Å². The molecule has 3 heterocycles. The van der Waals surface area contributed by atoms with Crippen molar-refractivity contribution in [2.45, 2.75) is 37.9 Å². The lowest BCUT2D eigenvalue weighted by Crippen LogP contribution is -2.38. The van der Waals surface area contributed by atoms with Gasteiger partial charge in [-0.15, -0.1) is 0 Å². The molecule has 1 aromatic heterocycles.